The van der Waals surface area contributed by atoms with E-state index < -0.39 is 5.82 Å². The number of halogens is 2. The molecule has 0 saturated heterocycles. The van der Waals surface area contributed by atoms with E-state index >= 15 is 0 Å². The lowest BCUT2D eigenvalue weighted by Gasteiger charge is -2.57. The van der Waals surface area contributed by atoms with E-state index in [1.807, 2.05) is 6.92 Å². The molecule has 2 amide bonds. The maximum absolute atomic E-state index is 13.6. The molecule has 3 aliphatic rings. The molecular weight excluding hydrogens is 435 g/mol. The topological polar surface area (TPSA) is 85.3 Å². The van der Waals surface area contributed by atoms with Crippen molar-refractivity contribution in [3.8, 4) is 5.75 Å². The number of fused-ring (bicyclic) bond motifs is 3. The predicted octanol–water partition coefficient (Wildman–Crippen LogP) is 3.54. The second-order valence-corrected chi connectivity index (χ2v) is 9.61. The number of carbonyl (C=O) groups is 2. The number of benzene rings is 1. The van der Waals surface area contributed by atoms with E-state index in [1.54, 1.807) is 17.8 Å². The minimum absolute atomic E-state index is 0.00743. The second kappa shape index (κ2) is 8.39. The first-order chi connectivity index (χ1) is 15.1. The van der Waals surface area contributed by atoms with Gasteiger partial charge < -0.3 is 15.4 Å². The number of nitrogens with zero attached hydrogens (tertiary/aromatic N) is 2. The predicted molar refractivity (Wildman–Crippen MR) is 118 cm³/mol. The average molecular weight is 463 g/mol. The second-order valence-electron chi connectivity index (χ2n) is 9.20. The van der Waals surface area contributed by atoms with Gasteiger partial charge in [-0.2, -0.15) is 5.10 Å². The third-order valence-electron chi connectivity index (χ3n) is 7.00. The molecule has 172 valence electrons. The molecule has 0 spiro atoms. The van der Waals surface area contributed by atoms with Gasteiger partial charge in [0.2, 0.25) is 0 Å². The van der Waals surface area contributed by atoms with Crippen molar-refractivity contribution in [3.05, 3.63) is 46.5 Å². The lowest BCUT2D eigenvalue weighted by Crippen LogP contribution is -2.67. The van der Waals surface area contributed by atoms with E-state index in [0.29, 0.717) is 5.69 Å². The zero-order valence-electron chi connectivity index (χ0n) is 18.5. The van der Waals surface area contributed by atoms with Crippen LogP contribution in [0.3, 0.4) is 0 Å². The number of aryl methyl sites for hydroxylation is 2. The molecule has 3 saturated carbocycles. The summed E-state index contributed by atoms with van der Waals surface area (Å²) in [7, 11) is 1.77. The molecule has 2 N–H and O–H groups in total. The Balaban J connectivity index is 1.35. The molecule has 1 atom stereocenters. The summed E-state index contributed by atoms with van der Waals surface area (Å²) in [5.41, 5.74) is 0.775. The number of hydrogen-bond donors (Lipinski definition) is 2. The molecule has 5 rings (SSSR count). The van der Waals surface area contributed by atoms with Crippen LogP contribution in [0.2, 0.25) is 5.02 Å². The molecular formula is C23H28ClFN4O3. The summed E-state index contributed by atoms with van der Waals surface area (Å²) in [6.45, 7) is 3.78. The van der Waals surface area contributed by atoms with Crippen LogP contribution in [0.4, 0.5) is 4.39 Å². The molecule has 1 aromatic carbocycles. The van der Waals surface area contributed by atoms with E-state index in [2.05, 4.69) is 22.7 Å². The van der Waals surface area contributed by atoms with Gasteiger partial charge in [0.15, 0.2) is 6.61 Å². The van der Waals surface area contributed by atoms with Gasteiger partial charge in [-0.3, -0.25) is 14.3 Å². The van der Waals surface area contributed by atoms with Crippen molar-refractivity contribution >= 4 is 23.4 Å². The molecule has 7 nitrogen and oxygen atoms in total. The Labute approximate surface area is 191 Å². The highest BCUT2D eigenvalue weighted by Crippen LogP contribution is 2.50. The van der Waals surface area contributed by atoms with E-state index in [0.717, 1.165) is 37.8 Å². The summed E-state index contributed by atoms with van der Waals surface area (Å²) in [4.78, 5) is 25.5. The normalized spacial score (nSPS) is 26.6. The summed E-state index contributed by atoms with van der Waals surface area (Å²) >= 11 is 5.68. The highest BCUT2D eigenvalue weighted by molar-refractivity contribution is 6.30. The van der Waals surface area contributed by atoms with Crippen molar-refractivity contribution in [2.45, 2.75) is 57.0 Å². The van der Waals surface area contributed by atoms with Gasteiger partial charge in [0.25, 0.3) is 11.8 Å². The number of hydrogen-bond acceptors (Lipinski definition) is 4. The Morgan fingerprint density at radius 3 is 2.56 bits per heavy atom. The van der Waals surface area contributed by atoms with E-state index in [9.17, 15) is 14.0 Å². The van der Waals surface area contributed by atoms with Crippen LogP contribution in [0.15, 0.2) is 24.3 Å². The Morgan fingerprint density at radius 2 is 1.97 bits per heavy atom. The zero-order chi connectivity index (χ0) is 23.1. The number of carbonyl (C=O) groups excluding carboxylic acids is 2. The molecule has 32 heavy (non-hydrogen) atoms. The summed E-state index contributed by atoms with van der Waals surface area (Å²) < 4.78 is 20.6. The summed E-state index contributed by atoms with van der Waals surface area (Å²) in [5, 5.41) is 10.7. The minimum atomic E-state index is -0.587. The van der Waals surface area contributed by atoms with E-state index in [4.69, 9.17) is 16.3 Å². The Kier molecular flexibility index (Phi) is 5.92. The van der Waals surface area contributed by atoms with Crippen LogP contribution in [-0.2, 0) is 11.8 Å². The fourth-order valence-electron chi connectivity index (χ4n) is 5.23. The standard InChI is InChI=1S/C23H28ClFN4O3/c1-14-12-22(27-21(31)19-10-15(2)28-29(19)3)6-8-23(14,9-7-22)26-20(30)13-32-16-4-5-17(24)18(25)11-16/h4-5,10-11,14H,6-9,12-13H2,1-3H3,(H,26,30)(H,27,31). The Bertz CT molecular complexity index is 1050. The molecule has 1 heterocycles. The minimum Gasteiger partial charge on any atom is -0.484 e. The van der Waals surface area contributed by atoms with Gasteiger partial charge in [-0.25, -0.2) is 4.39 Å². The van der Waals surface area contributed by atoms with Crippen LogP contribution < -0.4 is 15.4 Å². The molecule has 3 fully saturated rings. The number of nitrogens with one attached hydrogen (secondary N) is 2. The highest BCUT2D eigenvalue weighted by atomic mass is 35.5. The molecule has 1 aromatic heterocycles. The molecule has 2 bridgehead atoms. The maximum atomic E-state index is 13.6. The van der Waals surface area contributed by atoms with Crippen molar-refractivity contribution in [3.63, 3.8) is 0 Å². The summed E-state index contributed by atoms with van der Waals surface area (Å²) in [6.07, 6.45) is 3.94. The molecule has 1 unspecified atom stereocenters. The van der Waals surface area contributed by atoms with E-state index in [1.165, 1.54) is 18.2 Å². The first kappa shape index (κ1) is 22.6. The molecule has 9 heteroatoms. The summed E-state index contributed by atoms with van der Waals surface area (Å²) in [6, 6.07) is 5.88. The Hall–Kier alpha value is -2.61. The van der Waals surface area contributed by atoms with Gasteiger partial charge in [0, 0.05) is 24.2 Å². The van der Waals surface area contributed by atoms with E-state index in [-0.39, 0.29) is 46.2 Å². The number of amides is 2. The highest BCUT2D eigenvalue weighted by Gasteiger charge is 2.54. The SMILES string of the molecule is Cc1cc(C(=O)NC23CCC(NC(=O)COc4ccc(Cl)c(F)c4)(CC2)C(C)C3)n(C)n1. The van der Waals surface area contributed by atoms with Crippen molar-refractivity contribution in [2.24, 2.45) is 13.0 Å². The van der Waals surface area contributed by atoms with Crippen LogP contribution >= 0.6 is 11.6 Å². The fourth-order valence-corrected chi connectivity index (χ4v) is 5.35. The first-order valence-electron chi connectivity index (χ1n) is 10.8. The summed E-state index contributed by atoms with van der Waals surface area (Å²) in [5.74, 6) is -0.489. The number of ether oxygens (including phenoxy) is 1. The van der Waals surface area contributed by atoms with Crippen molar-refractivity contribution in [1.29, 1.82) is 0 Å². The monoisotopic (exact) mass is 462 g/mol. The number of rotatable bonds is 6. The lowest BCUT2D eigenvalue weighted by molar-refractivity contribution is -0.128. The van der Waals surface area contributed by atoms with Crippen molar-refractivity contribution in [2.75, 3.05) is 6.61 Å². The van der Waals surface area contributed by atoms with Crippen LogP contribution in [0.25, 0.3) is 0 Å². The van der Waals surface area contributed by atoms with Gasteiger partial charge in [-0.15, -0.1) is 0 Å². The van der Waals surface area contributed by atoms with Gasteiger partial charge in [-0.1, -0.05) is 18.5 Å². The third-order valence-corrected chi connectivity index (χ3v) is 7.31. The van der Waals surface area contributed by atoms with Gasteiger partial charge >= 0.3 is 0 Å². The number of aromatic nitrogens is 2. The lowest BCUT2D eigenvalue weighted by atomic mass is 9.56. The van der Waals surface area contributed by atoms with Gasteiger partial charge in [0.1, 0.15) is 17.3 Å². The van der Waals surface area contributed by atoms with Crippen LogP contribution in [0.1, 0.15) is 55.2 Å². The van der Waals surface area contributed by atoms with Crippen LogP contribution in [0, 0.1) is 18.7 Å². The third kappa shape index (κ3) is 4.33. The Morgan fingerprint density at radius 1 is 1.25 bits per heavy atom. The average Bonchev–Trinajstić information content (AvgIpc) is 3.08. The zero-order valence-corrected chi connectivity index (χ0v) is 19.3. The molecule has 0 aliphatic heterocycles. The van der Waals surface area contributed by atoms with Crippen molar-refractivity contribution < 1.29 is 18.7 Å². The van der Waals surface area contributed by atoms with Crippen LogP contribution in [-0.4, -0.2) is 39.3 Å². The first-order valence-corrected chi connectivity index (χ1v) is 11.2. The smallest absolute Gasteiger partial charge is 0.269 e. The maximum Gasteiger partial charge on any atom is 0.269 e. The quantitative estimate of drug-likeness (QED) is 0.687. The fraction of sp³-hybridized carbons (Fsp3) is 0.522. The van der Waals surface area contributed by atoms with Gasteiger partial charge in [0.05, 0.1) is 10.7 Å². The molecule has 0 radical (unpaired) electrons. The largest absolute Gasteiger partial charge is 0.484 e. The molecule has 2 aromatic rings. The molecule has 3 aliphatic carbocycles. The van der Waals surface area contributed by atoms with Crippen LogP contribution in [0.5, 0.6) is 5.75 Å². The van der Waals surface area contributed by atoms with Gasteiger partial charge in [-0.05, 0) is 63.1 Å². The van der Waals surface area contributed by atoms with Crippen molar-refractivity contribution in [1.82, 2.24) is 20.4 Å².